The number of aromatic carboxylic acids is 1. The van der Waals surface area contributed by atoms with E-state index in [2.05, 4.69) is 9.97 Å². The molecule has 2 rings (SSSR count). The van der Waals surface area contributed by atoms with Crippen LogP contribution in [-0.4, -0.2) is 21.0 Å². The molecular weight excluding hydrogens is 244 g/mol. The molecule has 6 heteroatoms. The molecule has 0 saturated carbocycles. The van der Waals surface area contributed by atoms with E-state index in [1.54, 1.807) is 12.3 Å². The van der Waals surface area contributed by atoms with Crippen molar-refractivity contribution >= 4 is 29.1 Å². The first-order chi connectivity index (χ1) is 7.66. The van der Waals surface area contributed by atoms with Gasteiger partial charge in [0.1, 0.15) is 0 Å². The molecule has 2 aromatic heterocycles. The third-order valence-corrected chi connectivity index (χ3v) is 3.78. The number of hydrogen-bond acceptors (Lipinski definition) is 5. The van der Waals surface area contributed by atoms with Crippen LogP contribution in [0.5, 0.6) is 0 Å². The molecule has 16 heavy (non-hydrogen) atoms. The van der Waals surface area contributed by atoms with Crippen LogP contribution >= 0.6 is 23.1 Å². The van der Waals surface area contributed by atoms with Gasteiger partial charge < -0.3 is 5.11 Å². The topological polar surface area (TPSA) is 63.1 Å². The maximum absolute atomic E-state index is 11.0. The number of carbonyl (C=O) groups is 1. The Bertz CT molecular complexity index is 512. The third kappa shape index (κ3) is 2.40. The smallest absolute Gasteiger partial charge is 0.338 e. The molecule has 0 aliphatic carbocycles. The minimum Gasteiger partial charge on any atom is -0.478 e. The fourth-order valence-electron chi connectivity index (χ4n) is 1.13. The SMILES string of the molecule is Cc1cc(Sc2nccs2)c(C(=O)O)cn1. The van der Waals surface area contributed by atoms with Gasteiger partial charge in [0.2, 0.25) is 0 Å². The van der Waals surface area contributed by atoms with Crippen molar-refractivity contribution in [3.05, 3.63) is 35.1 Å². The Morgan fingerprint density at radius 2 is 2.31 bits per heavy atom. The van der Waals surface area contributed by atoms with Crippen LogP contribution in [0.15, 0.2) is 33.1 Å². The summed E-state index contributed by atoms with van der Waals surface area (Å²) in [6, 6.07) is 1.76. The second kappa shape index (κ2) is 4.63. The van der Waals surface area contributed by atoms with Crippen molar-refractivity contribution in [3.8, 4) is 0 Å². The predicted molar refractivity (Wildman–Crippen MR) is 62.2 cm³/mol. The van der Waals surface area contributed by atoms with Crippen LogP contribution in [0.1, 0.15) is 16.1 Å². The van der Waals surface area contributed by atoms with Gasteiger partial charge in [-0.25, -0.2) is 9.78 Å². The van der Waals surface area contributed by atoms with E-state index in [1.807, 2.05) is 12.3 Å². The molecule has 0 amide bonds. The highest BCUT2D eigenvalue weighted by Gasteiger charge is 2.13. The Hall–Kier alpha value is -1.40. The summed E-state index contributed by atoms with van der Waals surface area (Å²) in [7, 11) is 0. The molecule has 0 aromatic carbocycles. The first kappa shape index (κ1) is 11.1. The number of aryl methyl sites for hydroxylation is 1. The molecule has 0 aliphatic rings. The average molecular weight is 252 g/mol. The van der Waals surface area contributed by atoms with Crippen LogP contribution in [-0.2, 0) is 0 Å². The van der Waals surface area contributed by atoms with E-state index < -0.39 is 5.97 Å². The van der Waals surface area contributed by atoms with E-state index in [9.17, 15) is 4.79 Å². The summed E-state index contributed by atoms with van der Waals surface area (Å²) in [4.78, 5) is 19.8. The van der Waals surface area contributed by atoms with Gasteiger partial charge in [-0.1, -0.05) is 11.8 Å². The van der Waals surface area contributed by atoms with E-state index in [-0.39, 0.29) is 5.56 Å². The molecule has 0 saturated heterocycles. The number of carboxylic acid groups (broad SMARTS) is 1. The van der Waals surface area contributed by atoms with E-state index in [0.29, 0.717) is 4.90 Å². The van der Waals surface area contributed by atoms with Crippen molar-refractivity contribution in [2.75, 3.05) is 0 Å². The number of aromatic nitrogens is 2. The highest BCUT2D eigenvalue weighted by atomic mass is 32.2. The van der Waals surface area contributed by atoms with Gasteiger partial charge in [0.25, 0.3) is 0 Å². The zero-order chi connectivity index (χ0) is 11.5. The number of rotatable bonds is 3. The summed E-state index contributed by atoms with van der Waals surface area (Å²) < 4.78 is 0.827. The molecule has 0 aliphatic heterocycles. The molecule has 0 fully saturated rings. The lowest BCUT2D eigenvalue weighted by Gasteiger charge is -2.03. The van der Waals surface area contributed by atoms with Crippen LogP contribution < -0.4 is 0 Å². The maximum atomic E-state index is 11.0. The Morgan fingerprint density at radius 3 is 2.94 bits per heavy atom. The van der Waals surface area contributed by atoms with Crippen molar-refractivity contribution in [1.29, 1.82) is 0 Å². The second-order valence-electron chi connectivity index (χ2n) is 3.03. The molecular formula is C10H8N2O2S2. The lowest BCUT2D eigenvalue weighted by atomic mass is 10.2. The minimum atomic E-state index is -0.966. The number of carboxylic acids is 1. The van der Waals surface area contributed by atoms with Gasteiger partial charge in [0, 0.05) is 28.4 Å². The van der Waals surface area contributed by atoms with Crippen LogP contribution in [0.2, 0.25) is 0 Å². The van der Waals surface area contributed by atoms with Crippen molar-refractivity contribution in [2.24, 2.45) is 0 Å². The molecule has 82 valence electrons. The summed E-state index contributed by atoms with van der Waals surface area (Å²) in [5, 5.41) is 10.9. The van der Waals surface area contributed by atoms with Gasteiger partial charge in [0.15, 0.2) is 4.34 Å². The Kier molecular flexibility index (Phi) is 3.21. The predicted octanol–water partition coefficient (Wildman–Crippen LogP) is 2.70. The summed E-state index contributed by atoms with van der Waals surface area (Å²) in [6.45, 7) is 1.83. The quantitative estimate of drug-likeness (QED) is 0.910. The molecule has 0 spiro atoms. The lowest BCUT2D eigenvalue weighted by molar-refractivity contribution is 0.0692. The van der Waals surface area contributed by atoms with Crippen molar-refractivity contribution in [1.82, 2.24) is 9.97 Å². The van der Waals surface area contributed by atoms with Crippen molar-refractivity contribution in [2.45, 2.75) is 16.2 Å². The van der Waals surface area contributed by atoms with Crippen molar-refractivity contribution < 1.29 is 9.90 Å². The van der Waals surface area contributed by atoms with Crippen molar-refractivity contribution in [3.63, 3.8) is 0 Å². The van der Waals surface area contributed by atoms with Crippen LogP contribution in [0.25, 0.3) is 0 Å². The number of thiazole rings is 1. The fourth-order valence-corrected chi connectivity index (χ4v) is 2.90. The third-order valence-electron chi connectivity index (χ3n) is 1.84. The Morgan fingerprint density at radius 1 is 1.50 bits per heavy atom. The number of nitrogens with zero attached hydrogens (tertiary/aromatic N) is 2. The molecule has 2 aromatic rings. The Balaban J connectivity index is 2.38. The molecule has 4 nitrogen and oxygen atoms in total. The molecule has 1 N–H and O–H groups in total. The zero-order valence-corrected chi connectivity index (χ0v) is 10.0. The normalized spacial score (nSPS) is 10.3. The van der Waals surface area contributed by atoms with E-state index in [4.69, 9.17) is 5.11 Å². The number of pyridine rings is 1. The average Bonchev–Trinajstić information content (AvgIpc) is 2.70. The van der Waals surface area contributed by atoms with E-state index in [1.165, 1.54) is 29.3 Å². The standard InChI is InChI=1S/C10H8N2O2S2/c1-6-4-8(7(5-12-6)9(13)14)16-10-11-2-3-15-10/h2-5H,1H3,(H,13,14). The first-order valence-electron chi connectivity index (χ1n) is 4.44. The monoisotopic (exact) mass is 252 g/mol. The van der Waals surface area contributed by atoms with Crippen LogP contribution in [0.4, 0.5) is 0 Å². The molecule has 0 radical (unpaired) electrons. The molecule has 0 bridgehead atoms. The maximum Gasteiger partial charge on any atom is 0.338 e. The minimum absolute atomic E-state index is 0.214. The summed E-state index contributed by atoms with van der Waals surface area (Å²) >= 11 is 2.83. The fraction of sp³-hybridized carbons (Fsp3) is 0.100. The van der Waals surface area contributed by atoms with Gasteiger partial charge in [-0.05, 0) is 13.0 Å². The number of hydrogen-bond donors (Lipinski definition) is 1. The molecule has 0 unspecified atom stereocenters. The lowest BCUT2D eigenvalue weighted by Crippen LogP contribution is -2.00. The zero-order valence-electron chi connectivity index (χ0n) is 8.38. The first-order valence-corrected chi connectivity index (χ1v) is 6.13. The highest BCUT2D eigenvalue weighted by Crippen LogP contribution is 2.31. The molecule has 0 atom stereocenters. The van der Waals surface area contributed by atoms with Gasteiger partial charge in [-0.2, -0.15) is 0 Å². The van der Waals surface area contributed by atoms with Gasteiger partial charge in [-0.15, -0.1) is 11.3 Å². The van der Waals surface area contributed by atoms with Crippen LogP contribution in [0, 0.1) is 6.92 Å². The van der Waals surface area contributed by atoms with Crippen LogP contribution in [0.3, 0.4) is 0 Å². The van der Waals surface area contributed by atoms with E-state index >= 15 is 0 Å². The summed E-state index contributed by atoms with van der Waals surface area (Å²) in [5.41, 5.74) is 1.01. The second-order valence-corrected chi connectivity index (χ2v) is 5.21. The van der Waals surface area contributed by atoms with E-state index in [0.717, 1.165) is 10.0 Å². The van der Waals surface area contributed by atoms with Gasteiger partial charge in [0.05, 0.1) is 5.56 Å². The summed E-state index contributed by atoms with van der Waals surface area (Å²) in [5.74, 6) is -0.966. The highest BCUT2D eigenvalue weighted by molar-refractivity contribution is 8.01. The van der Waals surface area contributed by atoms with Gasteiger partial charge >= 0.3 is 5.97 Å². The largest absolute Gasteiger partial charge is 0.478 e. The molecule has 2 heterocycles. The summed E-state index contributed by atoms with van der Waals surface area (Å²) in [6.07, 6.45) is 3.08. The Labute approximate surface area is 100 Å². The van der Waals surface area contributed by atoms with Gasteiger partial charge in [-0.3, -0.25) is 4.98 Å².